The van der Waals surface area contributed by atoms with E-state index in [9.17, 15) is 4.79 Å². The van der Waals surface area contributed by atoms with Crippen LogP contribution < -0.4 is 10.1 Å². The first-order valence-corrected chi connectivity index (χ1v) is 12.2. The monoisotopic (exact) mass is 517 g/mol. The minimum absolute atomic E-state index is 0.0844. The highest BCUT2D eigenvalue weighted by Gasteiger charge is 2.12. The molecule has 3 aromatic heterocycles. The van der Waals surface area contributed by atoms with Crippen molar-refractivity contribution in [3.63, 3.8) is 0 Å². The number of aromatic carboxylic acids is 1. The molecule has 192 valence electrons. The Morgan fingerprint density at radius 1 is 0.974 bits per heavy atom. The van der Waals surface area contributed by atoms with E-state index in [1.165, 1.54) is 12.3 Å². The van der Waals surface area contributed by atoms with Crippen molar-refractivity contribution < 1.29 is 14.6 Å². The van der Waals surface area contributed by atoms with Crippen molar-refractivity contribution in [2.45, 2.75) is 6.54 Å². The zero-order valence-electron chi connectivity index (χ0n) is 20.9. The second kappa shape index (κ2) is 10.1. The molecule has 0 saturated carbocycles. The lowest BCUT2D eigenvalue weighted by Gasteiger charge is -2.07. The molecule has 0 fully saturated rings. The van der Waals surface area contributed by atoms with Gasteiger partial charge in [-0.05, 0) is 35.9 Å². The topological polar surface area (TPSA) is 120 Å². The summed E-state index contributed by atoms with van der Waals surface area (Å²) in [6.07, 6.45) is 3.34. The van der Waals surface area contributed by atoms with Crippen LogP contribution in [0.25, 0.3) is 22.3 Å². The molecule has 6 aromatic rings. The number of anilines is 2. The lowest BCUT2D eigenvalue weighted by atomic mass is 10.1. The van der Waals surface area contributed by atoms with Gasteiger partial charge in [-0.25, -0.2) is 19.4 Å². The third-order valence-corrected chi connectivity index (χ3v) is 6.18. The summed E-state index contributed by atoms with van der Waals surface area (Å²) < 4.78 is 9.64. The van der Waals surface area contributed by atoms with Crippen molar-refractivity contribution in [3.8, 4) is 22.8 Å². The summed E-state index contributed by atoms with van der Waals surface area (Å²) in [6, 6.07) is 26.6. The first kappa shape index (κ1) is 23.9. The van der Waals surface area contributed by atoms with Crippen molar-refractivity contribution in [3.05, 3.63) is 109 Å². The molecule has 0 radical (unpaired) electrons. The van der Waals surface area contributed by atoms with Crippen LogP contribution in [-0.4, -0.2) is 40.6 Å². The molecule has 0 unspecified atom stereocenters. The van der Waals surface area contributed by atoms with Crippen molar-refractivity contribution in [1.82, 2.24) is 29.5 Å². The van der Waals surface area contributed by atoms with Gasteiger partial charge < -0.3 is 19.7 Å². The van der Waals surface area contributed by atoms with Gasteiger partial charge in [0.2, 0.25) is 5.95 Å². The number of nitrogens with zero attached hydrogens (tertiary/aromatic N) is 6. The number of aromatic nitrogens is 6. The van der Waals surface area contributed by atoms with Gasteiger partial charge in [-0.3, -0.25) is 0 Å². The van der Waals surface area contributed by atoms with Crippen LogP contribution in [0.5, 0.6) is 11.5 Å². The Balaban J connectivity index is 1.21. The van der Waals surface area contributed by atoms with Gasteiger partial charge in [-0.15, -0.1) is 5.10 Å². The number of carboxylic acid groups (broad SMARTS) is 1. The van der Waals surface area contributed by atoms with E-state index in [0.717, 1.165) is 33.5 Å². The predicted molar refractivity (Wildman–Crippen MR) is 146 cm³/mol. The molecule has 3 aromatic carbocycles. The van der Waals surface area contributed by atoms with E-state index in [-0.39, 0.29) is 5.69 Å². The number of aryl methyl sites for hydroxylation is 1. The Hall–Kier alpha value is -5.51. The van der Waals surface area contributed by atoms with Crippen molar-refractivity contribution in [1.29, 1.82) is 0 Å². The largest absolute Gasteiger partial charge is 0.477 e. The maximum Gasteiger partial charge on any atom is 0.354 e. The standard InChI is InChI=1S/C29H23N7O3/c1-35-27-11-10-22(39-23-12-13-30-25(16-23)28(37)38)15-24(27)32-29(35)31-21-9-5-8-20(14-21)26-18-36(34-33-26)17-19-6-3-2-4-7-19/h2-16,18H,17H2,1H3,(H,31,32)(H,37,38). The predicted octanol–water partition coefficient (Wildman–Crippen LogP) is 5.51. The fourth-order valence-electron chi connectivity index (χ4n) is 4.25. The summed E-state index contributed by atoms with van der Waals surface area (Å²) in [5.41, 5.74) is 5.29. The van der Waals surface area contributed by atoms with Crippen LogP contribution in [-0.2, 0) is 13.6 Å². The van der Waals surface area contributed by atoms with Crippen LogP contribution in [0.15, 0.2) is 97.3 Å². The molecule has 0 spiro atoms. The Morgan fingerprint density at radius 2 is 1.82 bits per heavy atom. The smallest absolute Gasteiger partial charge is 0.354 e. The number of carboxylic acids is 1. The van der Waals surface area contributed by atoms with E-state index in [1.54, 1.807) is 6.07 Å². The highest BCUT2D eigenvalue weighted by atomic mass is 16.5. The number of imidazole rings is 1. The van der Waals surface area contributed by atoms with Crippen molar-refractivity contribution in [2.75, 3.05) is 5.32 Å². The number of rotatable bonds is 8. The molecule has 10 nitrogen and oxygen atoms in total. The van der Waals surface area contributed by atoms with Gasteiger partial charge >= 0.3 is 5.97 Å². The maximum atomic E-state index is 11.2. The molecule has 3 heterocycles. The van der Waals surface area contributed by atoms with Gasteiger partial charge in [0.05, 0.1) is 23.8 Å². The number of fused-ring (bicyclic) bond motifs is 1. The van der Waals surface area contributed by atoms with Gasteiger partial charge in [-0.1, -0.05) is 47.7 Å². The number of ether oxygens (including phenoxy) is 1. The average Bonchev–Trinajstić information content (AvgIpc) is 3.53. The summed E-state index contributed by atoms with van der Waals surface area (Å²) >= 11 is 0. The molecule has 39 heavy (non-hydrogen) atoms. The van der Waals surface area contributed by atoms with E-state index >= 15 is 0 Å². The number of nitrogens with one attached hydrogen (secondary N) is 1. The summed E-state index contributed by atoms with van der Waals surface area (Å²) in [5, 5.41) is 21.2. The lowest BCUT2D eigenvalue weighted by Crippen LogP contribution is -1.99. The molecule has 10 heteroatoms. The molecule has 0 saturated heterocycles. The van der Waals surface area contributed by atoms with E-state index < -0.39 is 5.97 Å². The van der Waals surface area contributed by atoms with E-state index in [4.69, 9.17) is 14.8 Å². The molecule has 0 aliphatic heterocycles. The second-order valence-corrected chi connectivity index (χ2v) is 8.92. The molecule has 0 amide bonds. The van der Waals surface area contributed by atoms with E-state index in [2.05, 4.69) is 32.7 Å². The molecule has 6 rings (SSSR count). The Morgan fingerprint density at radius 3 is 2.67 bits per heavy atom. The lowest BCUT2D eigenvalue weighted by molar-refractivity contribution is 0.0690. The quantitative estimate of drug-likeness (QED) is 0.271. The fraction of sp³-hybridized carbons (Fsp3) is 0.0690. The van der Waals surface area contributed by atoms with Crippen molar-refractivity contribution >= 4 is 28.6 Å². The van der Waals surface area contributed by atoms with Gasteiger partial charge in [0.15, 0.2) is 5.69 Å². The van der Waals surface area contributed by atoms with Crippen LogP contribution in [0.4, 0.5) is 11.6 Å². The first-order valence-electron chi connectivity index (χ1n) is 12.2. The third kappa shape index (κ3) is 5.16. The molecule has 2 N–H and O–H groups in total. The Kier molecular flexibility index (Phi) is 6.18. The van der Waals surface area contributed by atoms with Crippen LogP contribution in [0.2, 0.25) is 0 Å². The minimum Gasteiger partial charge on any atom is -0.477 e. The van der Waals surface area contributed by atoms with E-state index in [1.807, 2.05) is 83.2 Å². The molecule has 0 aliphatic rings. The number of hydrogen-bond donors (Lipinski definition) is 2. The Labute approximate surface area is 223 Å². The van der Waals surface area contributed by atoms with E-state index in [0.29, 0.717) is 24.0 Å². The minimum atomic E-state index is -1.11. The third-order valence-electron chi connectivity index (χ3n) is 6.18. The van der Waals surface area contributed by atoms with Gasteiger partial charge in [0, 0.05) is 36.6 Å². The zero-order valence-corrected chi connectivity index (χ0v) is 20.9. The normalized spacial score (nSPS) is 11.0. The highest BCUT2D eigenvalue weighted by molar-refractivity contribution is 5.85. The molecular weight excluding hydrogens is 494 g/mol. The number of pyridine rings is 1. The molecule has 0 bridgehead atoms. The second-order valence-electron chi connectivity index (χ2n) is 8.92. The fourth-order valence-corrected chi connectivity index (χ4v) is 4.25. The molecular formula is C29H23N7O3. The van der Waals surface area contributed by atoms with Crippen LogP contribution in [0.1, 0.15) is 16.1 Å². The number of hydrogen-bond acceptors (Lipinski definition) is 7. The van der Waals surface area contributed by atoms with Gasteiger partial charge in [0.25, 0.3) is 0 Å². The zero-order chi connectivity index (χ0) is 26.8. The summed E-state index contributed by atoms with van der Waals surface area (Å²) in [7, 11) is 1.93. The maximum absolute atomic E-state index is 11.2. The van der Waals surface area contributed by atoms with Crippen LogP contribution in [0.3, 0.4) is 0 Å². The van der Waals surface area contributed by atoms with Crippen molar-refractivity contribution in [2.24, 2.45) is 7.05 Å². The average molecular weight is 518 g/mol. The SMILES string of the molecule is Cn1c(Nc2cccc(-c3cn(Cc4ccccc4)nn3)c2)nc2cc(Oc3ccnc(C(=O)O)c3)ccc21. The van der Waals surface area contributed by atoms with Crippen LogP contribution in [0, 0.1) is 0 Å². The molecule has 0 atom stereocenters. The summed E-state index contributed by atoms with van der Waals surface area (Å²) in [4.78, 5) is 19.8. The summed E-state index contributed by atoms with van der Waals surface area (Å²) in [6.45, 7) is 0.652. The molecule has 0 aliphatic carbocycles. The van der Waals surface area contributed by atoms with Gasteiger partial charge in [-0.2, -0.15) is 0 Å². The number of carbonyl (C=O) groups is 1. The highest BCUT2D eigenvalue weighted by Crippen LogP contribution is 2.29. The first-order chi connectivity index (χ1) is 19.0. The number of benzene rings is 3. The summed E-state index contributed by atoms with van der Waals surface area (Å²) in [5.74, 6) is 0.463. The van der Waals surface area contributed by atoms with Gasteiger partial charge in [0.1, 0.15) is 17.2 Å². The van der Waals surface area contributed by atoms with Crippen LogP contribution >= 0.6 is 0 Å². The Bertz CT molecular complexity index is 1790.